The highest BCUT2D eigenvalue weighted by Crippen LogP contribution is 2.21. The Labute approximate surface area is 101 Å². The van der Waals surface area contributed by atoms with Gasteiger partial charge < -0.3 is 5.73 Å². The molecule has 2 aromatic rings. The van der Waals surface area contributed by atoms with Crippen LogP contribution < -0.4 is 11.3 Å². The first kappa shape index (κ1) is 11.2. The zero-order valence-electron chi connectivity index (χ0n) is 8.83. The van der Waals surface area contributed by atoms with Gasteiger partial charge in [-0.2, -0.15) is 0 Å². The summed E-state index contributed by atoms with van der Waals surface area (Å²) in [6.45, 7) is 0.238. The summed E-state index contributed by atoms with van der Waals surface area (Å²) in [6, 6.07) is 7.74. The van der Waals surface area contributed by atoms with Gasteiger partial charge in [-0.15, -0.1) is 0 Å². The minimum absolute atomic E-state index is 0.0691. The number of halogens is 1. The normalized spacial score (nSPS) is 10.7. The molecule has 0 atom stereocenters. The Morgan fingerprint density at radius 2 is 2.00 bits per heavy atom. The maximum atomic E-state index is 11.7. The number of nitrogens with one attached hydrogen (secondary N) is 1. The van der Waals surface area contributed by atoms with E-state index in [0.29, 0.717) is 5.56 Å². The van der Waals surface area contributed by atoms with Crippen molar-refractivity contribution in [3.8, 4) is 11.3 Å². The smallest absolute Gasteiger partial charge is 0.271 e. The number of rotatable bonds is 2. The lowest BCUT2D eigenvalue weighted by Gasteiger charge is -2.00. The summed E-state index contributed by atoms with van der Waals surface area (Å²) < 4.78 is 2.45. The second kappa shape index (κ2) is 4.27. The van der Waals surface area contributed by atoms with E-state index in [2.05, 4.69) is 21.0 Å². The highest BCUT2D eigenvalue weighted by atomic mass is 79.9. The lowest BCUT2D eigenvalue weighted by Crippen LogP contribution is -2.17. The third-order valence-electron chi connectivity index (χ3n) is 2.48. The van der Waals surface area contributed by atoms with Crippen LogP contribution in [0.3, 0.4) is 0 Å². The van der Waals surface area contributed by atoms with Crippen LogP contribution in [0.1, 0.15) is 5.56 Å². The summed E-state index contributed by atoms with van der Waals surface area (Å²) in [7, 11) is 1.68. The number of aromatic amines is 1. The number of hydrogen-bond acceptors (Lipinski definition) is 2. The van der Waals surface area contributed by atoms with Gasteiger partial charge in [-0.25, -0.2) is 0 Å². The van der Waals surface area contributed by atoms with Gasteiger partial charge in [-0.3, -0.25) is 14.6 Å². The maximum absolute atomic E-state index is 11.7. The van der Waals surface area contributed by atoms with Gasteiger partial charge in [0.15, 0.2) is 0 Å². The van der Waals surface area contributed by atoms with Crippen LogP contribution in [-0.2, 0) is 13.6 Å². The average molecular weight is 282 g/mol. The van der Waals surface area contributed by atoms with Crippen LogP contribution in [0.5, 0.6) is 0 Å². The molecule has 2 rings (SSSR count). The first-order valence-electron chi connectivity index (χ1n) is 4.87. The van der Waals surface area contributed by atoms with Crippen LogP contribution in [0, 0.1) is 0 Å². The first-order valence-corrected chi connectivity index (χ1v) is 5.66. The standard InChI is InChI=1S/C11H12BrN3O/c1-15-11(16)9(6-13)10(14-15)7-2-4-8(12)5-3-7/h2-5,14H,6,13H2,1H3. The quantitative estimate of drug-likeness (QED) is 0.878. The largest absolute Gasteiger partial charge is 0.326 e. The molecule has 5 heteroatoms. The third-order valence-corrected chi connectivity index (χ3v) is 3.01. The van der Waals surface area contributed by atoms with Gasteiger partial charge in [-0.1, -0.05) is 28.1 Å². The van der Waals surface area contributed by atoms with Crippen molar-refractivity contribution in [1.29, 1.82) is 0 Å². The van der Waals surface area contributed by atoms with Crippen LogP contribution in [0.25, 0.3) is 11.3 Å². The summed E-state index contributed by atoms with van der Waals surface area (Å²) in [6.07, 6.45) is 0. The molecule has 1 aromatic heterocycles. The van der Waals surface area contributed by atoms with Crippen molar-refractivity contribution in [3.05, 3.63) is 44.7 Å². The Balaban J connectivity index is 2.60. The minimum atomic E-state index is -0.0691. The van der Waals surface area contributed by atoms with E-state index in [4.69, 9.17) is 5.73 Å². The summed E-state index contributed by atoms with van der Waals surface area (Å²) in [5, 5.41) is 3.01. The molecule has 0 aliphatic carbocycles. The SMILES string of the molecule is Cn1[nH]c(-c2ccc(Br)cc2)c(CN)c1=O. The van der Waals surface area contributed by atoms with Gasteiger partial charge >= 0.3 is 0 Å². The predicted octanol–water partition coefficient (Wildman–Crippen LogP) is 1.60. The van der Waals surface area contributed by atoms with Crippen LogP contribution in [0.15, 0.2) is 33.5 Å². The maximum Gasteiger partial charge on any atom is 0.271 e. The number of H-pyrrole nitrogens is 1. The molecule has 1 heterocycles. The molecule has 0 amide bonds. The molecule has 0 saturated carbocycles. The van der Waals surface area contributed by atoms with E-state index in [1.807, 2.05) is 24.3 Å². The Bertz CT molecular complexity index is 554. The third kappa shape index (κ3) is 1.83. The molecule has 0 aliphatic heterocycles. The molecule has 1 aromatic carbocycles. The van der Waals surface area contributed by atoms with Crippen LogP contribution in [0.4, 0.5) is 0 Å². The second-order valence-electron chi connectivity index (χ2n) is 3.54. The van der Waals surface area contributed by atoms with Crippen molar-refractivity contribution in [3.63, 3.8) is 0 Å². The Morgan fingerprint density at radius 1 is 1.38 bits per heavy atom. The monoisotopic (exact) mass is 281 g/mol. The number of aryl methyl sites for hydroxylation is 1. The number of nitrogens with zero attached hydrogens (tertiary/aromatic N) is 1. The number of hydrogen-bond donors (Lipinski definition) is 2. The lowest BCUT2D eigenvalue weighted by atomic mass is 10.1. The van der Waals surface area contributed by atoms with E-state index in [0.717, 1.165) is 15.7 Å². The van der Waals surface area contributed by atoms with Gasteiger partial charge in [0.05, 0.1) is 11.3 Å². The van der Waals surface area contributed by atoms with E-state index < -0.39 is 0 Å². The van der Waals surface area contributed by atoms with E-state index in [1.165, 1.54) is 4.68 Å². The number of nitrogens with two attached hydrogens (primary N) is 1. The number of benzene rings is 1. The minimum Gasteiger partial charge on any atom is -0.326 e. The Hall–Kier alpha value is -1.33. The van der Waals surface area contributed by atoms with Crippen molar-refractivity contribution < 1.29 is 0 Å². The van der Waals surface area contributed by atoms with Crippen molar-refractivity contribution >= 4 is 15.9 Å². The zero-order valence-corrected chi connectivity index (χ0v) is 10.4. The lowest BCUT2D eigenvalue weighted by molar-refractivity contribution is 0.739. The van der Waals surface area contributed by atoms with Crippen molar-refractivity contribution in [2.45, 2.75) is 6.54 Å². The van der Waals surface area contributed by atoms with Crippen LogP contribution in [0.2, 0.25) is 0 Å². The van der Waals surface area contributed by atoms with E-state index in [9.17, 15) is 4.79 Å². The fraction of sp³-hybridized carbons (Fsp3) is 0.182. The summed E-state index contributed by atoms with van der Waals surface area (Å²) in [5.41, 5.74) is 7.89. The molecular formula is C11H12BrN3O. The summed E-state index contributed by atoms with van der Waals surface area (Å²) >= 11 is 3.37. The fourth-order valence-corrected chi connectivity index (χ4v) is 1.90. The second-order valence-corrected chi connectivity index (χ2v) is 4.46. The molecule has 3 N–H and O–H groups in total. The van der Waals surface area contributed by atoms with Crippen LogP contribution in [-0.4, -0.2) is 9.78 Å². The summed E-state index contributed by atoms with van der Waals surface area (Å²) in [4.78, 5) is 11.7. The molecule has 0 bridgehead atoms. The van der Waals surface area contributed by atoms with Crippen LogP contribution >= 0.6 is 15.9 Å². The molecule has 0 saturated heterocycles. The van der Waals surface area contributed by atoms with Crippen molar-refractivity contribution in [2.75, 3.05) is 0 Å². The molecule has 0 fully saturated rings. The molecule has 0 aliphatic rings. The van der Waals surface area contributed by atoms with Crippen molar-refractivity contribution in [1.82, 2.24) is 9.78 Å². The first-order chi connectivity index (χ1) is 7.63. The molecule has 0 unspecified atom stereocenters. The molecule has 0 spiro atoms. The van der Waals surface area contributed by atoms with Gasteiger partial charge in [0.2, 0.25) is 0 Å². The van der Waals surface area contributed by atoms with E-state index in [1.54, 1.807) is 7.05 Å². The summed E-state index contributed by atoms with van der Waals surface area (Å²) in [5.74, 6) is 0. The number of aromatic nitrogens is 2. The van der Waals surface area contributed by atoms with Crippen molar-refractivity contribution in [2.24, 2.45) is 12.8 Å². The van der Waals surface area contributed by atoms with Gasteiger partial charge in [0.25, 0.3) is 5.56 Å². The fourth-order valence-electron chi connectivity index (χ4n) is 1.64. The Morgan fingerprint density at radius 3 is 2.56 bits per heavy atom. The molecular weight excluding hydrogens is 270 g/mol. The van der Waals surface area contributed by atoms with Gasteiger partial charge in [0.1, 0.15) is 0 Å². The molecule has 0 radical (unpaired) electrons. The Kier molecular flexibility index (Phi) is 2.98. The molecule has 16 heavy (non-hydrogen) atoms. The highest BCUT2D eigenvalue weighted by molar-refractivity contribution is 9.10. The predicted molar refractivity (Wildman–Crippen MR) is 67.1 cm³/mol. The van der Waals surface area contributed by atoms with Gasteiger partial charge in [0, 0.05) is 23.6 Å². The van der Waals surface area contributed by atoms with E-state index in [-0.39, 0.29) is 12.1 Å². The molecule has 84 valence electrons. The average Bonchev–Trinajstić information content (AvgIpc) is 2.56. The van der Waals surface area contributed by atoms with E-state index >= 15 is 0 Å². The van der Waals surface area contributed by atoms with Gasteiger partial charge in [-0.05, 0) is 12.1 Å². The topological polar surface area (TPSA) is 63.8 Å². The molecule has 4 nitrogen and oxygen atoms in total. The zero-order chi connectivity index (χ0) is 11.7. The highest BCUT2D eigenvalue weighted by Gasteiger charge is 2.12.